The van der Waals surface area contributed by atoms with Crippen molar-refractivity contribution >= 4 is 17.7 Å². The minimum atomic E-state index is -4.87. The zero-order chi connectivity index (χ0) is 15.8. The molecule has 0 radical (unpaired) electrons. The third-order valence-electron chi connectivity index (χ3n) is 3.53. The summed E-state index contributed by atoms with van der Waals surface area (Å²) in [5.41, 5.74) is 2.15. The van der Waals surface area contributed by atoms with Crippen LogP contribution in [0.2, 0.25) is 0 Å². The van der Waals surface area contributed by atoms with Crippen molar-refractivity contribution in [2.45, 2.75) is 12.6 Å². The first-order valence-corrected chi connectivity index (χ1v) is 5.99. The average Bonchev–Trinajstić information content (AvgIpc) is 2.84. The Hall–Kier alpha value is -2.32. The number of carbonyl (C=O) groups excluding carboxylic acids is 1. The van der Waals surface area contributed by atoms with Crippen LogP contribution < -0.4 is 10.6 Å². The van der Waals surface area contributed by atoms with E-state index in [1.54, 1.807) is 0 Å². The Morgan fingerprint density at radius 2 is 2.05 bits per heavy atom. The Bertz CT molecular complexity index is 591. The van der Waals surface area contributed by atoms with Crippen LogP contribution in [0.15, 0.2) is 18.2 Å². The lowest BCUT2D eigenvalue weighted by molar-refractivity contribution is -0.225. The molecule has 1 fully saturated rings. The molecule has 0 saturated carbocycles. The van der Waals surface area contributed by atoms with Crippen LogP contribution in [0.25, 0.3) is 0 Å². The number of aromatic nitrogens is 1. The highest BCUT2D eigenvalue weighted by atomic mass is 19.4. The van der Waals surface area contributed by atoms with E-state index in [-0.39, 0.29) is 18.1 Å². The molecule has 1 atom stereocenters. The SMILES string of the molecule is NC(=O)c1cccc(N2CCC(C(=O)O)(C(F)(F)F)C2)n1. The lowest BCUT2D eigenvalue weighted by Gasteiger charge is -2.27. The first kappa shape index (κ1) is 15.1. The molecule has 1 aromatic heterocycles. The Labute approximate surface area is 117 Å². The molecule has 114 valence electrons. The first-order chi connectivity index (χ1) is 9.67. The van der Waals surface area contributed by atoms with Gasteiger partial charge in [-0.3, -0.25) is 9.59 Å². The number of carbonyl (C=O) groups is 2. The number of halogens is 3. The Kier molecular flexibility index (Phi) is 3.52. The molecule has 2 heterocycles. The highest BCUT2D eigenvalue weighted by Crippen LogP contribution is 2.46. The molecule has 6 nitrogen and oxygen atoms in total. The van der Waals surface area contributed by atoms with Gasteiger partial charge in [-0.05, 0) is 18.6 Å². The van der Waals surface area contributed by atoms with Gasteiger partial charge in [-0.15, -0.1) is 0 Å². The first-order valence-electron chi connectivity index (χ1n) is 5.99. The number of nitrogens with two attached hydrogens (primary N) is 1. The summed E-state index contributed by atoms with van der Waals surface area (Å²) in [5.74, 6) is -2.63. The quantitative estimate of drug-likeness (QED) is 0.869. The van der Waals surface area contributed by atoms with E-state index in [4.69, 9.17) is 10.8 Å². The number of nitrogens with zero attached hydrogens (tertiary/aromatic N) is 2. The maximum atomic E-state index is 13.1. The Morgan fingerprint density at radius 1 is 1.38 bits per heavy atom. The number of primary amides is 1. The van der Waals surface area contributed by atoms with Gasteiger partial charge in [-0.25, -0.2) is 4.98 Å². The summed E-state index contributed by atoms with van der Waals surface area (Å²) in [6.07, 6.45) is -5.44. The average molecular weight is 303 g/mol. The van der Waals surface area contributed by atoms with Crippen molar-refractivity contribution in [3.63, 3.8) is 0 Å². The normalized spacial score (nSPS) is 22.3. The molecular formula is C12H12F3N3O3. The second-order valence-electron chi connectivity index (χ2n) is 4.80. The van der Waals surface area contributed by atoms with Gasteiger partial charge >= 0.3 is 12.1 Å². The highest BCUT2D eigenvalue weighted by Gasteiger charge is 2.63. The lowest BCUT2D eigenvalue weighted by Crippen LogP contribution is -2.47. The molecule has 1 aromatic rings. The molecule has 0 aromatic carbocycles. The third kappa shape index (κ3) is 2.50. The highest BCUT2D eigenvalue weighted by molar-refractivity contribution is 5.91. The van der Waals surface area contributed by atoms with Crippen LogP contribution in [0.1, 0.15) is 16.9 Å². The Morgan fingerprint density at radius 3 is 2.52 bits per heavy atom. The van der Waals surface area contributed by atoms with E-state index < -0.39 is 36.4 Å². The number of rotatable bonds is 3. The summed E-state index contributed by atoms with van der Waals surface area (Å²) >= 11 is 0. The van der Waals surface area contributed by atoms with Crippen LogP contribution in [-0.4, -0.2) is 41.2 Å². The molecule has 21 heavy (non-hydrogen) atoms. The van der Waals surface area contributed by atoms with Gasteiger partial charge < -0.3 is 15.7 Å². The van der Waals surface area contributed by atoms with Crippen molar-refractivity contribution in [2.75, 3.05) is 18.0 Å². The van der Waals surface area contributed by atoms with E-state index >= 15 is 0 Å². The van der Waals surface area contributed by atoms with Crippen LogP contribution in [0.5, 0.6) is 0 Å². The molecule has 1 aliphatic heterocycles. The molecule has 0 spiro atoms. The molecular weight excluding hydrogens is 291 g/mol. The Balaban J connectivity index is 2.32. The second kappa shape index (κ2) is 4.90. The molecule has 0 aliphatic carbocycles. The summed E-state index contributed by atoms with van der Waals surface area (Å²) in [7, 11) is 0. The summed E-state index contributed by atoms with van der Waals surface area (Å²) in [4.78, 5) is 27.2. The fourth-order valence-electron chi connectivity index (χ4n) is 2.27. The maximum absolute atomic E-state index is 13.1. The standard InChI is InChI=1S/C12H12F3N3O3/c13-12(14,15)11(10(20)21)4-5-18(6-11)8-3-1-2-7(17-8)9(16)19/h1-3H,4-6H2,(H2,16,19)(H,20,21). The van der Waals surface area contributed by atoms with E-state index in [0.29, 0.717) is 0 Å². The van der Waals surface area contributed by atoms with Gasteiger partial charge in [0.1, 0.15) is 11.5 Å². The topological polar surface area (TPSA) is 96.5 Å². The molecule has 3 N–H and O–H groups in total. The molecule has 9 heteroatoms. The molecule has 0 bridgehead atoms. The van der Waals surface area contributed by atoms with Gasteiger partial charge in [-0.2, -0.15) is 13.2 Å². The third-order valence-corrected chi connectivity index (χ3v) is 3.53. The van der Waals surface area contributed by atoms with Gasteiger partial charge in [0, 0.05) is 13.1 Å². The minimum Gasteiger partial charge on any atom is -0.481 e. The fourth-order valence-corrected chi connectivity index (χ4v) is 2.27. The number of hydrogen-bond acceptors (Lipinski definition) is 4. The molecule has 1 unspecified atom stereocenters. The summed E-state index contributed by atoms with van der Waals surface area (Å²) in [6, 6.07) is 4.16. The van der Waals surface area contributed by atoms with Crippen LogP contribution in [0.4, 0.5) is 19.0 Å². The predicted molar refractivity (Wildman–Crippen MR) is 65.7 cm³/mol. The summed E-state index contributed by atoms with van der Waals surface area (Å²) in [5, 5.41) is 8.97. The largest absolute Gasteiger partial charge is 0.481 e. The van der Waals surface area contributed by atoms with Gasteiger partial charge in [0.25, 0.3) is 5.91 Å². The number of amides is 1. The fraction of sp³-hybridized carbons (Fsp3) is 0.417. The van der Waals surface area contributed by atoms with Crippen molar-refractivity contribution in [3.05, 3.63) is 23.9 Å². The van der Waals surface area contributed by atoms with E-state index in [1.165, 1.54) is 23.1 Å². The molecule has 2 rings (SSSR count). The van der Waals surface area contributed by atoms with Crippen molar-refractivity contribution < 1.29 is 27.9 Å². The van der Waals surface area contributed by atoms with Crippen molar-refractivity contribution in [1.82, 2.24) is 4.98 Å². The monoisotopic (exact) mass is 303 g/mol. The number of alkyl halides is 3. The van der Waals surface area contributed by atoms with Gasteiger partial charge in [0.2, 0.25) is 0 Å². The van der Waals surface area contributed by atoms with E-state index in [1.807, 2.05) is 0 Å². The maximum Gasteiger partial charge on any atom is 0.406 e. The predicted octanol–water partition coefficient (Wildman–Crippen LogP) is 1.02. The molecule has 1 aliphatic rings. The van der Waals surface area contributed by atoms with E-state index in [0.717, 1.165) is 0 Å². The van der Waals surface area contributed by atoms with E-state index in [9.17, 15) is 22.8 Å². The molecule has 1 saturated heterocycles. The number of carboxylic acid groups (broad SMARTS) is 1. The summed E-state index contributed by atoms with van der Waals surface area (Å²) in [6.45, 7) is -0.873. The number of hydrogen-bond donors (Lipinski definition) is 2. The van der Waals surface area contributed by atoms with Crippen LogP contribution in [0, 0.1) is 5.41 Å². The van der Waals surface area contributed by atoms with Crippen molar-refractivity contribution in [3.8, 4) is 0 Å². The number of aliphatic carboxylic acids is 1. The van der Waals surface area contributed by atoms with Gasteiger partial charge in [0.15, 0.2) is 5.41 Å². The zero-order valence-electron chi connectivity index (χ0n) is 10.7. The molecule has 1 amide bonds. The smallest absolute Gasteiger partial charge is 0.406 e. The van der Waals surface area contributed by atoms with Crippen molar-refractivity contribution in [2.24, 2.45) is 11.1 Å². The zero-order valence-corrected chi connectivity index (χ0v) is 10.7. The summed E-state index contributed by atoms with van der Waals surface area (Å²) < 4.78 is 39.2. The minimum absolute atomic E-state index is 0.0904. The number of pyridine rings is 1. The van der Waals surface area contributed by atoms with Crippen LogP contribution in [-0.2, 0) is 4.79 Å². The van der Waals surface area contributed by atoms with Gasteiger partial charge in [0.05, 0.1) is 0 Å². The van der Waals surface area contributed by atoms with Crippen molar-refractivity contribution in [1.29, 1.82) is 0 Å². The number of anilines is 1. The van der Waals surface area contributed by atoms with E-state index in [2.05, 4.69) is 4.98 Å². The van der Waals surface area contributed by atoms with Crippen LogP contribution in [0.3, 0.4) is 0 Å². The van der Waals surface area contributed by atoms with Crippen LogP contribution >= 0.6 is 0 Å². The number of carboxylic acids is 1. The second-order valence-corrected chi connectivity index (χ2v) is 4.80. The van der Waals surface area contributed by atoms with Gasteiger partial charge in [-0.1, -0.05) is 6.07 Å². The lowest BCUT2D eigenvalue weighted by atomic mass is 9.86.